The van der Waals surface area contributed by atoms with E-state index in [4.69, 9.17) is 4.74 Å². The van der Waals surface area contributed by atoms with Crippen molar-refractivity contribution < 1.29 is 9.53 Å². The number of esters is 1. The number of carbonyl (C=O) groups is 1. The van der Waals surface area contributed by atoms with Gasteiger partial charge in [-0.1, -0.05) is 73.2 Å². The first kappa shape index (κ1) is 16.3. The van der Waals surface area contributed by atoms with Crippen molar-refractivity contribution in [3.05, 3.63) is 35.9 Å². The molecule has 0 bridgehead atoms. The maximum Gasteiger partial charge on any atom is 0.306 e. The molecule has 2 aliphatic carbocycles. The quantitative estimate of drug-likeness (QED) is 0.402. The van der Waals surface area contributed by atoms with E-state index in [0.717, 1.165) is 23.3 Å². The van der Waals surface area contributed by atoms with Gasteiger partial charge in [0.15, 0.2) is 0 Å². The zero-order chi connectivity index (χ0) is 15.7. The summed E-state index contributed by atoms with van der Waals surface area (Å²) in [5.74, 6) is 3.56. The van der Waals surface area contributed by atoms with Gasteiger partial charge in [0.2, 0.25) is 0 Å². The molecule has 2 nitrogen and oxygen atoms in total. The summed E-state index contributed by atoms with van der Waals surface area (Å²) in [4.78, 5) is 12.2. The number of rotatable bonds is 4. The molecule has 2 saturated carbocycles. The van der Waals surface area contributed by atoms with E-state index in [0.29, 0.717) is 28.8 Å². The van der Waals surface area contributed by atoms with Gasteiger partial charge in [0, 0.05) is 10.3 Å². The summed E-state index contributed by atoms with van der Waals surface area (Å²) >= 11 is 2.61. The number of fused-ring (bicyclic) bond motifs is 1. The fourth-order valence-electron chi connectivity index (χ4n) is 4.61. The molecule has 0 N–H and O–H groups in total. The molecule has 5 unspecified atom stereocenters. The zero-order valence-electron chi connectivity index (χ0n) is 13.4. The van der Waals surface area contributed by atoms with Crippen molar-refractivity contribution in [3.8, 4) is 0 Å². The number of ether oxygens (including phenoxy) is 1. The molecule has 0 aliphatic heterocycles. The molecule has 0 aromatic heterocycles. The molecule has 2 fully saturated rings. The minimum absolute atomic E-state index is 0.0324. The maximum atomic E-state index is 12.2. The van der Waals surface area contributed by atoms with Crippen LogP contribution in [0.25, 0.3) is 0 Å². The average Bonchev–Trinajstić information content (AvgIpc) is 3.01. The molecule has 3 heteroatoms. The largest absolute Gasteiger partial charge is 0.461 e. The van der Waals surface area contributed by atoms with Crippen molar-refractivity contribution in [1.29, 1.82) is 0 Å². The average molecular weight is 412 g/mol. The van der Waals surface area contributed by atoms with Crippen LogP contribution in [0.3, 0.4) is 0 Å². The lowest BCUT2D eigenvalue weighted by molar-refractivity contribution is -0.146. The molecule has 3 rings (SSSR count). The number of halogens is 1. The van der Waals surface area contributed by atoms with Crippen LogP contribution in [0.1, 0.15) is 38.7 Å². The molecule has 22 heavy (non-hydrogen) atoms. The fourth-order valence-corrected chi connectivity index (χ4v) is 6.76. The first-order valence-electron chi connectivity index (χ1n) is 8.41. The smallest absolute Gasteiger partial charge is 0.306 e. The van der Waals surface area contributed by atoms with Crippen LogP contribution in [0.5, 0.6) is 0 Å². The third kappa shape index (κ3) is 3.19. The van der Waals surface area contributed by atoms with E-state index >= 15 is 0 Å². The van der Waals surface area contributed by atoms with Gasteiger partial charge in [-0.2, -0.15) is 0 Å². The lowest BCUT2D eigenvalue weighted by atomic mass is 9.88. The Morgan fingerprint density at radius 1 is 1.23 bits per heavy atom. The molecular formula is C19H25IO2. The summed E-state index contributed by atoms with van der Waals surface area (Å²) < 4.78 is 6.12. The molecule has 1 aromatic carbocycles. The highest BCUT2D eigenvalue weighted by Gasteiger charge is 2.52. The van der Waals surface area contributed by atoms with Gasteiger partial charge in [0.1, 0.15) is 6.61 Å². The summed E-state index contributed by atoms with van der Waals surface area (Å²) in [6, 6.07) is 9.93. The van der Waals surface area contributed by atoms with Crippen LogP contribution < -0.4 is 0 Å². The van der Waals surface area contributed by atoms with E-state index < -0.39 is 0 Å². The number of alkyl halides is 1. The topological polar surface area (TPSA) is 26.3 Å². The molecule has 1 aromatic rings. The molecule has 0 amide bonds. The van der Waals surface area contributed by atoms with Gasteiger partial charge in [-0.25, -0.2) is 0 Å². The molecule has 0 saturated heterocycles. The van der Waals surface area contributed by atoms with Crippen LogP contribution in [0.4, 0.5) is 0 Å². The Kier molecular flexibility index (Phi) is 5.10. The highest BCUT2D eigenvalue weighted by atomic mass is 127. The molecule has 2 aliphatic rings. The van der Waals surface area contributed by atoms with E-state index in [2.05, 4.69) is 36.4 Å². The van der Waals surface area contributed by atoms with Crippen molar-refractivity contribution in [2.24, 2.45) is 29.6 Å². The van der Waals surface area contributed by atoms with Crippen LogP contribution in [0, 0.1) is 29.6 Å². The Balaban J connectivity index is 1.55. The number of benzene rings is 1. The minimum atomic E-state index is -0.0324. The molecule has 0 spiro atoms. The van der Waals surface area contributed by atoms with E-state index in [1.165, 1.54) is 12.8 Å². The normalized spacial score (nSPS) is 37.0. The van der Waals surface area contributed by atoms with Gasteiger partial charge in [0.25, 0.3) is 0 Å². The van der Waals surface area contributed by atoms with Crippen LogP contribution in [0.15, 0.2) is 30.3 Å². The van der Waals surface area contributed by atoms with E-state index in [9.17, 15) is 4.79 Å². The third-order valence-corrected chi connectivity index (χ3v) is 7.63. The zero-order valence-corrected chi connectivity index (χ0v) is 15.5. The Hall–Kier alpha value is -0.580. The van der Waals surface area contributed by atoms with Gasteiger partial charge in [0.05, 0.1) is 0 Å². The van der Waals surface area contributed by atoms with Crippen LogP contribution in [-0.4, -0.2) is 9.89 Å². The van der Waals surface area contributed by atoms with E-state index in [1.807, 2.05) is 30.3 Å². The predicted molar refractivity (Wildman–Crippen MR) is 96.7 cm³/mol. The molecular weight excluding hydrogens is 387 g/mol. The monoisotopic (exact) mass is 412 g/mol. The Bertz CT molecular complexity index is 515. The first-order chi connectivity index (χ1) is 10.6. The van der Waals surface area contributed by atoms with Crippen molar-refractivity contribution in [3.63, 3.8) is 0 Å². The molecule has 120 valence electrons. The Labute approximate surface area is 147 Å². The molecule has 0 heterocycles. The van der Waals surface area contributed by atoms with Gasteiger partial charge < -0.3 is 4.74 Å². The Morgan fingerprint density at radius 2 is 1.95 bits per heavy atom. The minimum Gasteiger partial charge on any atom is -0.461 e. The SMILES string of the molecule is CC1C(CC(=O)OCc2ccccc2)C(I)[C@@H]2C(C)CCC12. The van der Waals surface area contributed by atoms with Gasteiger partial charge >= 0.3 is 5.97 Å². The van der Waals surface area contributed by atoms with Crippen LogP contribution in [0.2, 0.25) is 0 Å². The second kappa shape index (κ2) is 6.90. The summed E-state index contributed by atoms with van der Waals surface area (Å²) in [6.07, 6.45) is 3.30. The second-order valence-electron chi connectivity index (χ2n) is 7.11. The maximum absolute atomic E-state index is 12.2. The summed E-state index contributed by atoms with van der Waals surface area (Å²) in [5.41, 5.74) is 1.06. The van der Waals surface area contributed by atoms with Crippen molar-refractivity contribution in [2.75, 3.05) is 0 Å². The second-order valence-corrected chi connectivity index (χ2v) is 8.55. The van der Waals surface area contributed by atoms with E-state index in [-0.39, 0.29) is 5.97 Å². The summed E-state index contributed by atoms with van der Waals surface area (Å²) in [7, 11) is 0. The fraction of sp³-hybridized carbons (Fsp3) is 0.632. The standard InChI is InChI=1S/C19H25IO2/c1-12-8-9-15-13(2)16(19(20)18(12)15)10-17(21)22-11-14-6-4-3-5-7-14/h3-7,12-13,15-16,18-19H,8-11H2,1-2H3/t12?,13?,15?,16?,18-,19?/m1/s1. The highest BCUT2D eigenvalue weighted by molar-refractivity contribution is 14.1. The number of carbonyl (C=O) groups excluding carboxylic acids is 1. The van der Waals surface area contributed by atoms with Crippen molar-refractivity contribution in [2.45, 2.75) is 43.6 Å². The van der Waals surface area contributed by atoms with Crippen LogP contribution in [-0.2, 0) is 16.1 Å². The molecule has 6 atom stereocenters. The Morgan fingerprint density at radius 3 is 2.64 bits per heavy atom. The van der Waals surface area contributed by atoms with Gasteiger partial charge in [-0.15, -0.1) is 0 Å². The third-order valence-electron chi connectivity index (χ3n) is 5.88. The van der Waals surface area contributed by atoms with Crippen LogP contribution >= 0.6 is 22.6 Å². The lowest BCUT2D eigenvalue weighted by Crippen LogP contribution is -2.23. The van der Waals surface area contributed by atoms with Crippen molar-refractivity contribution in [1.82, 2.24) is 0 Å². The highest BCUT2D eigenvalue weighted by Crippen LogP contribution is 2.56. The number of hydrogen-bond acceptors (Lipinski definition) is 2. The predicted octanol–water partition coefficient (Wildman–Crippen LogP) is 4.85. The van der Waals surface area contributed by atoms with E-state index in [1.54, 1.807) is 0 Å². The molecule has 0 radical (unpaired) electrons. The summed E-state index contributed by atoms with van der Waals surface area (Å²) in [5, 5.41) is 0. The van der Waals surface area contributed by atoms with Gasteiger partial charge in [-0.3, -0.25) is 4.79 Å². The first-order valence-corrected chi connectivity index (χ1v) is 9.66. The van der Waals surface area contributed by atoms with Crippen molar-refractivity contribution >= 4 is 28.6 Å². The van der Waals surface area contributed by atoms with Gasteiger partial charge in [-0.05, 0) is 41.6 Å². The number of hydrogen-bond donors (Lipinski definition) is 0. The summed E-state index contributed by atoms with van der Waals surface area (Å²) in [6.45, 7) is 5.14. The lowest BCUT2D eigenvalue weighted by Gasteiger charge is -2.22.